The lowest BCUT2D eigenvalue weighted by molar-refractivity contribution is 0.194. The van der Waals surface area contributed by atoms with Crippen LogP contribution in [-0.4, -0.2) is 22.7 Å². The maximum Gasteiger partial charge on any atom is 0.0931 e. The van der Waals surface area contributed by atoms with Crippen LogP contribution in [0.4, 0.5) is 5.69 Å². The summed E-state index contributed by atoms with van der Waals surface area (Å²) < 4.78 is 0. The minimum atomic E-state index is -0.481. The quantitative estimate of drug-likeness (QED) is 0.891. The van der Waals surface area contributed by atoms with Crippen molar-refractivity contribution < 1.29 is 5.11 Å². The first kappa shape index (κ1) is 13.3. The van der Waals surface area contributed by atoms with E-state index in [4.69, 9.17) is 0 Å². The van der Waals surface area contributed by atoms with E-state index in [2.05, 4.69) is 22.9 Å². The second-order valence-corrected chi connectivity index (χ2v) is 5.22. The zero-order chi connectivity index (χ0) is 13.0. The van der Waals surface area contributed by atoms with E-state index < -0.39 is 6.10 Å². The van der Waals surface area contributed by atoms with E-state index in [1.54, 1.807) is 6.92 Å². The summed E-state index contributed by atoms with van der Waals surface area (Å²) in [5.41, 5.74) is 1.95. The molecule has 3 heteroatoms. The molecule has 18 heavy (non-hydrogen) atoms. The van der Waals surface area contributed by atoms with Crippen molar-refractivity contribution in [2.24, 2.45) is 0 Å². The fraction of sp³-hybridized carbons (Fsp3) is 0.667. The fourth-order valence-corrected chi connectivity index (χ4v) is 2.76. The minimum absolute atomic E-state index is 0.481. The molecule has 0 radical (unpaired) electrons. The van der Waals surface area contributed by atoms with Gasteiger partial charge in [-0.15, -0.1) is 0 Å². The van der Waals surface area contributed by atoms with Gasteiger partial charge in [-0.2, -0.15) is 0 Å². The maximum absolute atomic E-state index is 9.49. The van der Waals surface area contributed by atoms with E-state index in [0.29, 0.717) is 6.04 Å². The molecular formula is C15H24N2O. The second-order valence-electron chi connectivity index (χ2n) is 5.22. The Hall–Kier alpha value is -1.09. The molecule has 0 amide bonds. The number of nitrogens with zero attached hydrogens (tertiary/aromatic N) is 2. The number of hydrogen-bond donors (Lipinski definition) is 1. The van der Waals surface area contributed by atoms with Crippen molar-refractivity contribution in [2.45, 2.75) is 58.1 Å². The second kappa shape index (κ2) is 6.19. The zero-order valence-corrected chi connectivity index (χ0v) is 11.5. The molecule has 2 heterocycles. The summed E-state index contributed by atoms with van der Waals surface area (Å²) in [4.78, 5) is 6.85. The normalized spacial score (nSPS) is 22.6. The Bertz CT molecular complexity index is 361. The van der Waals surface area contributed by atoms with Gasteiger partial charge in [0.05, 0.1) is 23.7 Å². The van der Waals surface area contributed by atoms with Crippen LogP contribution in [0.1, 0.15) is 57.7 Å². The van der Waals surface area contributed by atoms with E-state index in [-0.39, 0.29) is 0 Å². The summed E-state index contributed by atoms with van der Waals surface area (Å²) >= 11 is 0. The molecular weight excluding hydrogens is 224 g/mol. The molecule has 1 aromatic rings. The first-order valence-corrected chi connectivity index (χ1v) is 7.13. The zero-order valence-electron chi connectivity index (χ0n) is 11.5. The highest BCUT2D eigenvalue weighted by Crippen LogP contribution is 2.26. The van der Waals surface area contributed by atoms with Gasteiger partial charge in [0.15, 0.2) is 0 Å². The van der Waals surface area contributed by atoms with Crippen molar-refractivity contribution in [2.75, 3.05) is 11.4 Å². The van der Waals surface area contributed by atoms with Crippen molar-refractivity contribution in [3.05, 3.63) is 24.0 Å². The van der Waals surface area contributed by atoms with Crippen LogP contribution in [0, 0.1) is 0 Å². The Morgan fingerprint density at radius 1 is 1.39 bits per heavy atom. The van der Waals surface area contributed by atoms with Gasteiger partial charge in [-0.25, -0.2) is 0 Å². The molecule has 1 fully saturated rings. The molecule has 0 aliphatic carbocycles. The maximum atomic E-state index is 9.49. The molecule has 1 N–H and O–H groups in total. The Morgan fingerprint density at radius 2 is 2.22 bits per heavy atom. The SMILES string of the molecule is CCC1CCCCCN1c1ccc([C@H](C)O)nc1. The molecule has 1 aliphatic heterocycles. The van der Waals surface area contributed by atoms with E-state index in [9.17, 15) is 5.11 Å². The molecule has 0 bridgehead atoms. The molecule has 1 aromatic heterocycles. The molecule has 3 nitrogen and oxygen atoms in total. The van der Waals surface area contributed by atoms with E-state index in [1.165, 1.54) is 37.8 Å². The Kier molecular flexibility index (Phi) is 4.59. The van der Waals surface area contributed by atoms with Crippen LogP contribution in [-0.2, 0) is 0 Å². The van der Waals surface area contributed by atoms with Crippen LogP contribution in [0.25, 0.3) is 0 Å². The number of aliphatic hydroxyl groups is 1. The number of anilines is 1. The van der Waals surface area contributed by atoms with Crippen molar-refractivity contribution in [1.82, 2.24) is 4.98 Å². The Labute approximate surface area is 110 Å². The topological polar surface area (TPSA) is 36.4 Å². The summed E-state index contributed by atoms with van der Waals surface area (Å²) in [7, 11) is 0. The first-order valence-electron chi connectivity index (χ1n) is 7.13. The van der Waals surface area contributed by atoms with E-state index in [1.807, 2.05) is 12.3 Å². The molecule has 0 spiro atoms. The van der Waals surface area contributed by atoms with Gasteiger partial charge in [0.2, 0.25) is 0 Å². The molecule has 2 rings (SSSR count). The number of hydrogen-bond acceptors (Lipinski definition) is 3. The summed E-state index contributed by atoms with van der Waals surface area (Å²) in [6.07, 6.45) is 7.86. The predicted molar refractivity (Wildman–Crippen MR) is 74.8 cm³/mol. The summed E-state index contributed by atoms with van der Waals surface area (Å²) in [5.74, 6) is 0. The molecule has 0 aromatic carbocycles. The largest absolute Gasteiger partial charge is 0.387 e. The summed E-state index contributed by atoms with van der Waals surface area (Å²) in [6.45, 7) is 5.15. The van der Waals surface area contributed by atoms with Crippen LogP contribution in [0.15, 0.2) is 18.3 Å². The van der Waals surface area contributed by atoms with Gasteiger partial charge in [0.1, 0.15) is 0 Å². The molecule has 1 saturated heterocycles. The van der Waals surface area contributed by atoms with Gasteiger partial charge < -0.3 is 10.0 Å². The standard InChI is InChI=1S/C15H24N2O/c1-3-13-7-5-4-6-10-17(13)14-8-9-15(12(2)18)16-11-14/h8-9,11-13,18H,3-7,10H2,1-2H3/t12-,13?/m0/s1. The van der Waals surface area contributed by atoms with Crippen molar-refractivity contribution in [1.29, 1.82) is 0 Å². The average molecular weight is 248 g/mol. The Balaban J connectivity index is 2.16. The van der Waals surface area contributed by atoms with Gasteiger partial charge in [-0.05, 0) is 38.3 Å². The van der Waals surface area contributed by atoms with E-state index in [0.717, 1.165) is 12.2 Å². The lowest BCUT2D eigenvalue weighted by Gasteiger charge is -2.31. The number of aliphatic hydroxyl groups excluding tert-OH is 1. The first-order chi connectivity index (χ1) is 8.72. The number of aromatic nitrogens is 1. The van der Waals surface area contributed by atoms with Crippen LogP contribution in [0.3, 0.4) is 0 Å². The molecule has 0 saturated carbocycles. The highest BCUT2D eigenvalue weighted by Gasteiger charge is 2.20. The number of rotatable bonds is 3. The van der Waals surface area contributed by atoms with Crippen molar-refractivity contribution in [3.63, 3.8) is 0 Å². The smallest absolute Gasteiger partial charge is 0.0931 e. The molecule has 2 atom stereocenters. The predicted octanol–water partition coefficient (Wildman–Crippen LogP) is 3.29. The average Bonchev–Trinajstić information content (AvgIpc) is 2.63. The summed E-state index contributed by atoms with van der Waals surface area (Å²) in [6, 6.07) is 4.69. The van der Waals surface area contributed by atoms with Crippen molar-refractivity contribution >= 4 is 5.69 Å². The third-order valence-corrected chi connectivity index (χ3v) is 3.88. The van der Waals surface area contributed by atoms with Crippen LogP contribution in [0.5, 0.6) is 0 Å². The lowest BCUT2D eigenvalue weighted by Crippen LogP contribution is -2.34. The van der Waals surface area contributed by atoms with Crippen molar-refractivity contribution in [3.8, 4) is 0 Å². The summed E-state index contributed by atoms with van der Waals surface area (Å²) in [5, 5.41) is 9.49. The van der Waals surface area contributed by atoms with Gasteiger partial charge in [-0.1, -0.05) is 19.8 Å². The molecule has 1 aliphatic rings. The van der Waals surface area contributed by atoms with Gasteiger partial charge >= 0.3 is 0 Å². The minimum Gasteiger partial charge on any atom is -0.387 e. The third-order valence-electron chi connectivity index (χ3n) is 3.88. The number of pyridine rings is 1. The lowest BCUT2D eigenvalue weighted by atomic mass is 10.1. The fourth-order valence-electron chi connectivity index (χ4n) is 2.76. The molecule has 100 valence electrons. The highest BCUT2D eigenvalue weighted by atomic mass is 16.3. The van der Waals surface area contributed by atoms with Gasteiger partial charge in [0, 0.05) is 12.6 Å². The van der Waals surface area contributed by atoms with Crippen LogP contribution in [0.2, 0.25) is 0 Å². The monoisotopic (exact) mass is 248 g/mol. The molecule has 1 unspecified atom stereocenters. The van der Waals surface area contributed by atoms with E-state index >= 15 is 0 Å². The van der Waals surface area contributed by atoms with Gasteiger partial charge in [-0.3, -0.25) is 4.98 Å². The third kappa shape index (κ3) is 3.02. The van der Waals surface area contributed by atoms with Crippen LogP contribution < -0.4 is 4.90 Å². The Morgan fingerprint density at radius 3 is 2.83 bits per heavy atom. The van der Waals surface area contributed by atoms with Crippen LogP contribution >= 0.6 is 0 Å². The highest BCUT2D eigenvalue weighted by molar-refractivity contribution is 5.46. The van der Waals surface area contributed by atoms with Gasteiger partial charge in [0.25, 0.3) is 0 Å².